The summed E-state index contributed by atoms with van der Waals surface area (Å²) in [4.78, 5) is 11.4. The van der Waals surface area contributed by atoms with Gasteiger partial charge in [-0.1, -0.05) is 18.6 Å². The molecule has 2 N–H and O–H groups in total. The van der Waals surface area contributed by atoms with Crippen molar-refractivity contribution in [3.05, 3.63) is 35.4 Å². The van der Waals surface area contributed by atoms with Crippen molar-refractivity contribution in [3.8, 4) is 0 Å². The first-order valence-corrected chi connectivity index (χ1v) is 8.10. The zero-order valence-corrected chi connectivity index (χ0v) is 12.4. The van der Waals surface area contributed by atoms with Crippen LogP contribution in [0.4, 0.5) is 0 Å². The third kappa shape index (κ3) is 3.74. The van der Waals surface area contributed by atoms with Gasteiger partial charge in [0.2, 0.25) is 0 Å². The number of rotatable bonds is 5. The summed E-state index contributed by atoms with van der Waals surface area (Å²) in [5, 5.41) is 7.03. The largest absolute Gasteiger partial charge is 0.355 e. The molecule has 104 valence electrons. The Morgan fingerprint density at radius 2 is 2.05 bits per heavy atom. The fourth-order valence-electron chi connectivity index (χ4n) is 2.61. The number of nitrogens with one attached hydrogen (secondary N) is 2. The number of hydrogen-bond donors (Lipinski definition) is 2. The Labute approximate surface area is 119 Å². The molecule has 1 aliphatic rings. The van der Waals surface area contributed by atoms with Crippen molar-refractivity contribution >= 4 is 17.7 Å². The van der Waals surface area contributed by atoms with Gasteiger partial charge in [0.25, 0.3) is 5.91 Å². The molecule has 0 radical (unpaired) electrons. The molecular weight excluding hydrogens is 256 g/mol. The predicted octanol–water partition coefficient (Wildman–Crippen LogP) is 2.42. The Morgan fingerprint density at radius 3 is 2.68 bits per heavy atom. The molecule has 1 aromatic carbocycles. The SMILES string of the molecule is CNC(=O)c1ccc(CNC2CCCC2SC)cc1. The lowest BCUT2D eigenvalue weighted by Gasteiger charge is -2.19. The van der Waals surface area contributed by atoms with Crippen LogP contribution in [0, 0.1) is 0 Å². The van der Waals surface area contributed by atoms with E-state index in [1.54, 1.807) is 7.05 Å². The van der Waals surface area contributed by atoms with E-state index in [0.29, 0.717) is 11.6 Å². The van der Waals surface area contributed by atoms with Crippen molar-refractivity contribution in [1.82, 2.24) is 10.6 Å². The Morgan fingerprint density at radius 1 is 1.32 bits per heavy atom. The number of amides is 1. The van der Waals surface area contributed by atoms with Crippen LogP contribution in [0.3, 0.4) is 0 Å². The highest BCUT2D eigenvalue weighted by atomic mass is 32.2. The highest BCUT2D eigenvalue weighted by molar-refractivity contribution is 7.99. The monoisotopic (exact) mass is 278 g/mol. The van der Waals surface area contributed by atoms with Crippen molar-refractivity contribution < 1.29 is 4.79 Å². The zero-order valence-electron chi connectivity index (χ0n) is 11.6. The van der Waals surface area contributed by atoms with Crippen LogP contribution in [0.25, 0.3) is 0 Å². The zero-order chi connectivity index (χ0) is 13.7. The van der Waals surface area contributed by atoms with E-state index in [4.69, 9.17) is 0 Å². The van der Waals surface area contributed by atoms with Gasteiger partial charge >= 0.3 is 0 Å². The summed E-state index contributed by atoms with van der Waals surface area (Å²) in [5.74, 6) is -0.0299. The Bertz CT molecular complexity index is 419. The molecule has 3 nitrogen and oxygen atoms in total. The maximum absolute atomic E-state index is 11.4. The molecule has 2 unspecified atom stereocenters. The molecule has 0 aromatic heterocycles. The summed E-state index contributed by atoms with van der Waals surface area (Å²) in [6.07, 6.45) is 6.14. The number of thioether (sulfide) groups is 1. The molecule has 0 spiro atoms. The second kappa shape index (κ2) is 6.96. The lowest BCUT2D eigenvalue weighted by atomic mass is 10.1. The number of carbonyl (C=O) groups excluding carboxylic acids is 1. The molecule has 0 saturated heterocycles. The van der Waals surface area contributed by atoms with Crippen LogP contribution in [-0.4, -0.2) is 30.5 Å². The third-order valence-corrected chi connectivity index (χ3v) is 4.94. The van der Waals surface area contributed by atoms with E-state index in [2.05, 4.69) is 16.9 Å². The van der Waals surface area contributed by atoms with Crippen LogP contribution in [0.2, 0.25) is 0 Å². The second-order valence-corrected chi connectivity index (χ2v) is 6.05. The standard InChI is InChI=1S/C15H22N2OS/c1-16-15(18)12-8-6-11(7-9-12)10-17-13-4-3-5-14(13)19-2/h6-9,13-14,17H,3-5,10H2,1-2H3,(H,16,18). The normalized spacial score (nSPS) is 22.4. The van der Waals surface area contributed by atoms with E-state index in [1.165, 1.54) is 24.8 Å². The van der Waals surface area contributed by atoms with Gasteiger partial charge in [0.15, 0.2) is 0 Å². The maximum Gasteiger partial charge on any atom is 0.251 e. The molecule has 4 heteroatoms. The van der Waals surface area contributed by atoms with Gasteiger partial charge < -0.3 is 10.6 Å². The van der Waals surface area contributed by atoms with E-state index >= 15 is 0 Å². The first-order valence-electron chi connectivity index (χ1n) is 6.82. The van der Waals surface area contributed by atoms with Crippen LogP contribution >= 0.6 is 11.8 Å². The van der Waals surface area contributed by atoms with Crippen molar-refractivity contribution in [3.63, 3.8) is 0 Å². The Kier molecular flexibility index (Phi) is 5.28. The van der Waals surface area contributed by atoms with Gasteiger partial charge in [-0.15, -0.1) is 0 Å². The van der Waals surface area contributed by atoms with Crippen molar-refractivity contribution in [2.45, 2.75) is 37.1 Å². The average Bonchev–Trinajstić information content (AvgIpc) is 2.92. The average molecular weight is 278 g/mol. The first-order chi connectivity index (χ1) is 9.24. The van der Waals surface area contributed by atoms with Crippen LogP contribution in [0.5, 0.6) is 0 Å². The topological polar surface area (TPSA) is 41.1 Å². The summed E-state index contributed by atoms with van der Waals surface area (Å²) in [6, 6.07) is 8.46. The van der Waals surface area contributed by atoms with Gasteiger partial charge in [-0.05, 0) is 36.8 Å². The quantitative estimate of drug-likeness (QED) is 0.869. The summed E-state index contributed by atoms with van der Waals surface area (Å²) in [7, 11) is 1.65. The predicted molar refractivity (Wildman–Crippen MR) is 81.6 cm³/mol. The fraction of sp³-hybridized carbons (Fsp3) is 0.533. The minimum Gasteiger partial charge on any atom is -0.355 e. The highest BCUT2D eigenvalue weighted by Gasteiger charge is 2.25. The van der Waals surface area contributed by atoms with E-state index in [0.717, 1.165) is 11.8 Å². The summed E-state index contributed by atoms with van der Waals surface area (Å²) >= 11 is 1.97. The van der Waals surface area contributed by atoms with Crippen LogP contribution in [0.1, 0.15) is 35.2 Å². The molecule has 0 aliphatic heterocycles. The smallest absolute Gasteiger partial charge is 0.251 e. The third-order valence-electron chi connectivity index (χ3n) is 3.77. The molecule has 1 saturated carbocycles. The maximum atomic E-state index is 11.4. The fourth-order valence-corrected chi connectivity index (χ4v) is 3.57. The molecule has 2 atom stereocenters. The van der Waals surface area contributed by atoms with Gasteiger partial charge in [-0.3, -0.25) is 4.79 Å². The van der Waals surface area contributed by atoms with Crippen molar-refractivity contribution in [2.75, 3.05) is 13.3 Å². The first kappa shape index (κ1) is 14.4. The van der Waals surface area contributed by atoms with E-state index in [1.807, 2.05) is 36.0 Å². The summed E-state index contributed by atoms with van der Waals surface area (Å²) in [5.41, 5.74) is 1.95. The molecule has 1 aliphatic carbocycles. The summed E-state index contributed by atoms with van der Waals surface area (Å²) < 4.78 is 0. The van der Waals surface area contributed by atoms with Gasteiger partial charge in [-0.2, -0.15) is 11.8 Å². The molecule has 2 rings (SSSR count). The Hall–Kier alpha value is -1.00. The molecule has 1 fully saturated rings. The van der Waals surface area contributed by atoms with Gasteiger partial charge in [0.05, 0.1) is 0 Å². The summed E-state index contributed by atoms with van der Waals surface area (Å²) in [6.45, 7) is 0.885. The van der Waals surface area contributed by atoms with Gasteiger partial charge in [0.1, 0.15) is 0 Å². The molecule has 19 heavy (non-hydrogen) atoms. The van der Waals surface area contributed by atoms with E-state index in [-0.39, 0.29) is 5.91 Å². The molecule has 0 bridgehead atoms. The van der Waals surface area contributed by atoms with Crippen LogP contribution in [0.15, 0.2) is 24.3 Å². The lowest BCUT2D eigenvalue weighted by Crippen LogP contribution is -2.33. The molecule has 1 aromatic rings. The van der Waals surface area contributed by atoms with Crippen molar-refractivity contribution in [1.29, 1.82) is 0 Å². The Balaban J connectivity index is 1.88. The van der Waals surface area contributed by atoms with E-state index in [9.17, 15) is 4.79 Å². The van der Waals surface area contributed by atoms with Crippen LogP contribution in [-0.2, 0) is 6.54 Å². The number of hydrogen-bond acceptors (Lipinski definition) is 3. The minimum atomic E-state index is -0.0299. The van der Waals surface area contributed by atoms with E-state index < -0.39 is 0 Å². The molecular formula is C15H22N2OS. The second-order valence-electron chi connectivity index (χ2n) is 4.97. The molecule has 1 amide bonds. The number of benzene rings is 1. The highest BCUT2D eigenvalue weighted by Crippen LogP contribution is 2.28. The molecule has 0 heterocycles. The van der Waals surface area contributed by atoms with Gasteiger partial charge in [-0.25, -0.2) is 0 Å². The van der Waals surface area contributed by atoms with Gasteiger partial charge in [0, 0.05) is 30.4 Å². The number of carbonyl (C=O) groups is 1. The lowest BCUT2D eigenvalue weighted by molar-refractivity contribution is 0.0963. The van der Waals surface area contributed by atoms with Crippen molar-refractivity contribution in [2.24, 2.45) is 0 Å². The minimum absolute atomic E-state index is 0.0299. The van der Waals surface area contributed by atoms with Crippen LogP contribution < -0.4 is 10.6 Å².